The molecular weight excluding hydrogens is 456 g/mol. The molecule has 4 unspecified atom stereocenters. The molecule has 1 aromatic heterocycles. The zero-order valence-corrected chi connectivity index (χ0v) is 18.7. The molecule has 1 aromatic rings. The average Bonchev–Trinajstić information content (AvgIpc) is 3.46. The van der Waals surface area contributed by atoms with E-state index >= 15 is 0 Å². The first-order valence-electron chi connectivity index (χ1n) is 10.3. The van der Waals surface area contributed by atoms with Crippen LogP contribution in [0.15, 0.2) is 12.5 Å². The predicted octanol–water partition coefficient (Wildman–Crippen LogP) is -1.88. The van der Waals surface area contributed by atoms with Crippen LogP contribution in [-0.4, -0.2) is 91.2 Å². The number of hydrogen-bond acceptors (Lipinski definition) is 8. The number of carbonyl (C=O) groups excluding carboxylic acids is 3. The molecule has 3 amide bonds. The van der Waals surface area contributed by atoms with E-state index in [0.717, 1.165) is 0 Å². The maximum Gasteiger partial charge on any atom is 0.326 e. The summed E-state index contributed by atoms with van der Waals surface area (Å²) in [6.45, 7) is 0.339. The highest BCUT2D eigenvalue weighted by molar-refractivity contribution is 7.80. The number of likely N-dealkylation sites (tertiary alicyclic amines) is 1. The van der Waals surface area contributed by atoms with Crippen molar-refractivity contribution >= 4 is 42.3 Å². The van der Waals surface area contributed by atoms with Crippen LogP contribution in [0, 0.1) is 0 Å². The normalized spacial score (nSPS) is 18.2. The molecule has 7 N–H and O–H groups in total. The van der Waals surface area contributed by atoms with Crippen LogP contribution in [0.1, 0.15) is 31.4 Å². The van der Waals surface area contributed by atoms with Gasteiger partial charge in [0.1, 0.15) is 18.1 Å². The lowest BCUT2D eigenvalue weighted by Gasteiger charge is -2.28. The highest BCUT2D eigenvalue weighted by atomic mass is 32.1. The van der Waals surface area contributed by atoms with Gasteiger partial charge in [-0.3, -0.25) is 19.2 Å². The second-order valence-corrected chi connectivity index (χ2v) is 8.02. The van der Waals surface area contributed by atoms with Crippen LogP contribution in [0.25, 0.3) is 0 Å². The van der Waals surface area contributed by atoms with E-state index in [1.165, 1.54) is 17.4 Å². The Morgan fingerprint density at radius 2 is 1.97 bits per heavy atom. The molecular formula is C19H28N6O7S. The molecule has 0 radical (unpaired) electrons. The topological polar surface area (TPSA) is 208 Å². The van der Waals surface area contributed by atoms with Crippen molar-refractivity contribution in [1.29, 1.82) is 0 Å². The number of rotatable bonds is 12. The van der Waals surface area contributed by atoms with Gasteiger partial charge in [0.05, 0.1) is 12.4 Å². The summed E-state index contributed by atoms with van der Waals surface area (Å²) in [5.74, 6) is -4.30. The van der Waals surface area contributed by atoms with Gasteiger partial charge >= 0.3 is 11.9 Å². The molecule has 0 bridgehead atoms. The number of amides is 3. The van der Waals surface area contributed by atoms with Crippen LogP contribution in [0.4, 0.5) is 0 Å². The van der Waals surface area contributed by atoms with Crippen LogP contribution in [-0.2, 0) is 30.4 Å². The van der Waals surface area contributed by atoms with Gasteiger partial charge in [0.25, 0.3) is 0 Å². The monoisotopic (exact) mass is 484 g/mol. The number of carbonyl (C=O) groups is 5. The van der Waals surface area contributed by atoms with Gasteiger partial charge in [0.2, 0.25) is 17.7 Å². The molecule has 0 aromatic carbocycles. The number of nitrogens with two attached hydrogens (primary N) is 1. The standard InChI is InChI=1S/C19H28N6O7S/c20-11(8-33)18(30)25-5-1-2-14(25)17(29)24-13(6-10-7-21-9-22-10)16(28)23-12(19(31)32)3-4-15(26)27/h7,9,11-14,33H,1-6,8,20H2,(H,21,22)(H,23,28)(H,24,29)(H,26,27)(H,31,32). The van der Waals surface area contributed by atoms with E-state index < -0.39 is 60.2 Å². The fourth-order valence-corrected chi connectivity index (χ4v) is 3.64. The van der Waals surface area contributed by atoms with Crippen LogP contribution in [0.2, 0.25) is 0 Å². The van der Waals surface area contributed by atoms with Gasteiger partial charge < -0.3 is 36.5 Å². The summed E-state index contributed by atoms with van der Waals surface area (Å²) in [6, 6.07) is -4.34. The minimum absolute atomic E-state index is 0.0281. The molecule has 2 rings (SSSR count). The molecule has 0 aliphatic carbocycles. The Labute approximate surface area is 194 Å². The van der Waals surface area contributed by atoms with Crippen molar-refractivity contribution in [3.8, 4) is 0 Å². The van der Waals surface area contributed by atoms with E-state index in [9.17, 15) is 29.1 Å². The second-order valence-electron chi connectivity index (χ2n) is 7.65. The lowest BCUT2D eigenvalue weighted by atomic mass is 10.1. The van der Waals surface area contributed by atoms with Crippen molar-refractivity contribution < 1.29 is 34.2 Å². The number of aromatic nitrogens is 2. The molecule has 13 nitrogen and oxygen atoms in total. The number of thiol groups is 1. The fraction of sp³-hybridized carbons (Fsp3) is 0.579. The average molecular weight is 485 g/mol. The van der Waals surface area contributed by atoms with Gasteiger partial charge in [0, 0.05) is 37.0 Å². The minimum Gasteiger partial charge on any atom is -0.481 e. The van der Waals surface area contributed by atoms with Crippen LogP contribution < -0.4 is 16.4 Å². The number of carboxylic acid groups (broad SMARTS) is 2. The fourth-order valence-electron chi connectivity index (χ4n) is 3.49. The van der Waals surface area contributed by atoms with Crippen LogP contribution >= 0.6 is 12.6 Å². The SMILES string of the molecule is NC(CS)C(=O)N1CCCC1C(=O)NC(Cc1cnc[nH]1)C(=O)NC(CCC(=O)O)C(=O)O. The third kappa shape index (κ3) is 7.46. The Bertz CT molecular complexity index is 865. The summed E-state index contributed by atoms with van der Waals surface area (Å²) < 4.78 is 0. The summed E-state index contributed by atoms with van der Waals surface area (Å²) in [5, 5.41) is 23.0. The molecule has 14 heteroatoms. The zero-order chi connectivity index (χ0) is 24.5. The Hall–Kier alpha value is -3.13. The first kappa shape index (κ1) is 26.1. The minimum atomic E-state index is -1.45. The zero-order valence-electron chi connectivity index (χ0n) is 17.8. The van der Waals surface area contributed by atoms with Crippen LogP contribution in [0.5, 0.6) is 0 Å². The first-order valence-corrected chi connectivity index (χ1v) is 11.0. The predicted molar refractivity (Wildman–Crippen MR) is 117 cm³/mol. The van der Waals surface area contributed by atoms with Crippen LogP contribution in [0.3, 0.4) is 0 Å². The summed E-state index contributed by atoms with van der Waals surface area (Å²) >= 11 is 4.02. The quantitative estimate of drug-likeness (QED) is 0.165. The van der Waals surface area contributed by atoms with Gasteiger partial charge in [0.15, 0.2) is 0 Å². The van der Waals surface area contributed by atoms with Gasteiger partial charge in [-0.2, -0.15) is 12.6 Å². The van der Waals surface area contributed by atoms with E-state index in [0.29, 0.717) is 25.1 Å². The van der Waals surface area contributed by atoms with Crippen molar-refractivity contribution in [2.45, 2.75) is 56.3 Å². The number of nitrogens with zero attached hydrogens (tertiary/aromatic N) is 2. The molecule has 1 fully saturated rings. The van der Waals surface area contributed by atoms with Crippen molar-refractivity contribution in [3.05, 3.63) is 18.2 Å². The molecule has 1 saturated heterocycles. The molecule has 0 saturated carbocycles. The summed E-state index contributed by atoms with van der Waals surface area (Å²) in [5.41, 5.74) is 6.26. The van der Waals surface area contributed by atoms with E-state index in [4.69, 9.17) is 10.8 Å². The third-order valence-electron chi connectivity index (χ3n) is 5.23. The van der Waals surface area contributed by atoms with Gasteiger partial charge in [-0.05, 0) is 19.3 Å². The highest BCUT2D eigenvalue weighted by Gasteiger charge is 2.37. The molecule has 4 atom stereocenters. The maximum atomic E-state index is 13.0. The summed E-state index contributed by atoms with van der Waals surface area (Å²) in [7, 11) is 0. The second kappa shape index (κ2) is 12.2. The molecule has 1 aliphatic heterocycles. The smallest absolute Gasteiger partial charge is 0.326 e. The highest BCUT2D eigenvalue weighted by Crippen LogP contribution is 2.19. The molecule has 33 heavy (non-hydrogen) atoms. The number of aliphatic carboxylic acids is 2. The first-order chi connectivity index (χ1) is 15.6. The Balaban J connectivity index is 2.15. The number of nitrogens with one attached hydrogen (secondary N) is 3. The van der Waals surface area contributed by atoms with Gasteiger partial charge in [-0.1, -0.05) is 0 Å². The summed E-state index contributed by atoms with van der Waals surface area (Å²) in [4.78, 5) is 68.6. The lowest BCUT2D eigenvalue weighted by molar-refractivity contribution is -0.144. The van der Waals surface area contributed by atoms with Crippen molar-refractivity contribution in [2.75, 3.05) is 12.3 Å². The van der Waals surface area contributed by atoms with E-state index in [1.54, 1.807) is 0 Å². The van der Waals surface area contributed by atoms with E-state index in [-0.39, 0.29) is 18.6 Å². The van der Waals surface area contributed by atoms with Gasteiger partial charge in [-0.15, -0.1) is 0 Å². The van der Waals surface area contributed by atoms with Crippen molar-refractivity contribution in [2.24, 2.45) is 5.73 Å². The maximum absolute atomic E-state index is 13.0. The van der Waals surface area contributed by atoms with E-state index in [2.05, 4.69) is 33.2 Å². The number of hydrogen-bond donors (Lipinski definition) is 7. The molecule has 1 aliphatic rings. The molecule has 182 valence electrons. The van der Waals surface area contributed by atoms with E-state index in [1.807, 2.05) is 0 Å². The molecule has 2 heterocycles. The Morgan fingerprint density at radius 3 is 2.55 bits per heavy atom. The number of imidazole rings is 1. The largest absolute Gasteiger partial charge is 0.481 e. The number of aromatic amines is 1. The third-order valence-corrected chi connectivity index (χ3v) is 5.62. The Kier molecular flexibility index (Phi) is 9.66. The number of carboxylic acids is 2. The Morgan fingerprint density at radius 1 is 1.24 bits per heavy atom. The summed E-state index contributed by atoms with van der Waals surface area (Å²) in [6.07, 6.45) is 2.98. The number of H-pyrrole nitrogens is 1. The van der Waals surface area contributed by atoms with Crippen molar-refractivity contribution in [1.82, 2.24) is 25.5 Å². The van der Waals surface area contributed by atoms with Crippen molar-refractivity contribution in [3.63, 3.8) is 0 Å². The van der Waals surface area contributed by atoms with Gasteiger partial charge in [-0.25, -0.2) is 9.78 Å². The lowest BCUT2D eigenvalue weighted by Crippen LogP contribution is -2.57. The molecule has 0 spiro atoms.